The van der Waals surface area contributed by atoms with Crippen molar-refractivity contribution in [2.75, 3.05) is 34.5 Å². The lowest BCUT2D eigenvalue weighted by Crippen LogP contribution is -1.92. The first kappa shape index (κ1) is 22.4. The van der Waals surface area contributed by atoms with E-state index in [1.54, 1.807) is 0 Å². The summed E-state index contributed by atoms with van der Waals surface area (Å²) in [6.45, 7) is 6.47. The molecule has 0 saturated carbocycles. The molecule has 0 bridgehead atoms. The topological polar surface area (TPSA) is 82.7 Å². The van der Waals surface area contributed by atoms with Gasteiger partial charge in [-0.15, -0.1) is 0 Å². The molecular formula is C15H32O4S3. The standard InChI is InChI=1S/3C5H10OS.H2O/c3*1-5-2-3-7(6)4-5;/h3*5H,2-4H2,1H3;1H2. The van der Waals surface area contributed by atoms with Gasteiger partial charge in [0.15, 0.2) is 0 Å². The second-order valence-corrected chi connectivity index (χ2v) is 11.5. The third kappa shape index (κ3) is 10.2. The smallest absolute Gasteiger partial charge is 0.0260 e. The van der Waals surface area contributed by atoms with Gasteiger partial charge in [-0.05, 0) is 37.0 Å². The summed E-state index contributed by atoms with van der Waals surface area (Å²) in [4.78, 5) is 0. The molecule has 4 nitrogen and oxygen atoms in total. The van der Waals surface area contributed by atoms with Crippen molar-refractivity contribution in [1.82, 2.24) is 0 Å². The quantitative estimate of drug-likeness (QED) is 0.646. The second kappa shape index (κ2) is 11.9. The van der Waals surface area contributed by atoms with Crippen LogP contribution >= 0.6 is 0 Å². The first-order valence-electron chi connectivity index (χ1n) is 7.91. The van der Waals surface area contributed by atoms with Gasteiger partial charge in [-0.25, -0.2) is 0 Å². The van der Waals surface area contributed by atoms with Crippen LogP contribution in [0.15, 0.2) is 0 Å². The van der Waals surface area contributed by atoms with E-state index < -0.39 is 32.4 Å². The zero-order valence-corrected chi connectivity index (χ0v) is 16.5. The molecule has 0 amide bonds. The zero-order valence-electron chi connectivity index (χ0n) is 14.0. The van der Waals surface area contributed by atoms with E-state index in [9.17, 15) is 12.6 Å². The van der Waals surface area contributed by atoms with Crippen molar-refractivity contribution >= 4 is 32.4 Å². The Balaban J connectivity index is 0.000000294. The van der Waals surface area contributed by atoms with Gasteiger partial charge in [0.05, 0.1) is 0 Å². The molecule has 3 aliphatic heterocycles. The average molecular weight is 373 g/mol. The predicted molar refractivity (Wildman–Crippen MR) is 98.6 cm³/mol. The first-order valence-corrected chi connectivity index (χ1v) is 12.4. The van der Waals surface area contributed by atoms with Crippen molar-refractivity contribution in [1.29, 1.82) is 0 Å². The highest BCUT2D eigenvalue weighted by Gasteiger charge is 2.16. The molecule has 6 atom stereocenters. The van der Waals surface area contributed by atoms with Crippen molar-refractivity contribution in [2.45, 2.75) is 40.0 Å². The molecule has 0 spiro atoms. The summed E-state index contributed by atoms with van der Waals surface area (Å²) in [5.74, 6) is 7.84. The van der Waals surface area contributed by atoms with Crippen LogP contribution in [0.3, 0.4) is 0 Å². The fraction of sp³-hybridized carbons (Fsp3) is 1.00. The van der Waals surface area contributed by atoms with E-state index in [-0.39, 0.29) is 5.48 Å². The molecule has 22 heavy (non-hydrogen) atoms. The van der Waals surface area contributed by atoms with Crippen molar-refractivity contribution in [2.24, 2.45) is 17.8 Å². The van der Waals surface area contributed by atoms with Crippen LogP contribution in [0.4, 0.5) is 0 Å². The Morgan fingerprint density at radius 1 is 0.591 bits per heavy atom. The molecule has 134 valence electrons. The Morgan fingerprint density at radius 2 is 0.818 bits per heavy atom. The summed E-state index contributed by atoms with van der Waals surface area (Å²) in [7, 11) is -1.36. The Kier molecular flexibility index (Phi) is 12.1. The molecule has 6 unspecified atom stereocenters. The van der Waals surface area contributed by atoms with E-state index in [4.69, 9.17) is 0 Å². The summed E-state index contributed by atoms with van der Waals surface area (Å²) in [5.41, 5.74) is 0. The van der Waals surface area contributed by atoms with Crippen molar-refractivity contribution in [3.63, 3.8) is 0 Å². The Hall–Kier alpha value is 0.410. The van der Waals surface area contributed by atoms with E-state index >= 15 is 0 Å². The molecule has 3 rings (SSSR count). The highest BCUT2D eigenvalue weighted by molar-refractivity contribution is 7.85. The van der Waals surface area contributed by atoms with E-state index in [0.29, 0.717) is 0 Å². The monoisotopic (exact) mass is 372 g/mol. The van der Waals surface area contributed by atoms with Gasteiger partial charge in [-0.3, -0.25) is 12.6 Å². The van der Waals surface area contributed by atoms with Gasteiger partial charge in [0.25, 0.3) is 0 Å². The van der Waals surface area contributed by atoms with Crippen LogP contribution in [0.5, 0.6) is 0 Å². The van der Waals surface area contributed by atoms with Gasteiger partial charge >= 0.3 is 0 Å². The maximum atomic E-state index is 10.6. The predicted octanol–water partition coefficient (Wildman–Crippen LogP) is 1.50. The fourth-order valence-electron chi connectivity index (χ4n) is 2.45. The van der Waals surface area contributed by atoms with Crippen LogP contribution in [0.1, 0.15) is 40.0 Å². The van der Waals surface area contributed by atoms with Crippen molar-refractivity contribution in [3.05, 3.63) is 0 Å². The number of rotatable bonds is 0. The molecular weight excluding hydrogens is 340 g/mol. The summed E-state index contributed by atoms with van der Waals surface area (Å²) < 4.78 is 31.7. The summed E-state index contributed by atoms with van der Waals surface area (Å²) in [6.07, 6.45) is 3.52. The second-order valence-electron chi connectivity index (χ2n) is 6.61. The third-order valence-corrected chi connectivity index (χ3v) is 8.82. The molecule has 0 aliphatic carbocycles. The van der Waals surface area contributed by atoms with Crippen LogP contribution in [0, 0.1) is 17.8 Å². The van der Waals surface area contributed by atoms with Crippen LogP contribution in [-0.2, 0) is 32.4 Å². The molecule has 0 aromatic heterocycles. The van der Waals surface area contributed by atoms with Gasteiger partial charge in [0, 0.05) is 66.9 Å². The van der Waals surface area contributed by atoms with E-state index in [1.807, 2.05) is 0 Å². The lowest BCUT2D eigenvalue weighted by atomic mass is 10.2. The minimum atomic E-state index is -0.453. The fourth-order valence-corrected chi connectivity index (χ4v) is 7.35. The highest BCUT2D eigenvalue weighted by atomic mass is 32.2. The lowest BCUT2D eigenvalue weighted by Gasteiger charge is -1.89. The molecule has 3 heterocycles. The molecule has 3 aliphatic rings. The first-order chi connectivity index (χ1) is 9.86. The number of hydrogen-bond donors (Lipinski definition) is 0. The largest absolute Gasteiger partial charge is 0.412 e. The van der Waals surface area contributed by atoms with Gasteiger partial charge in [0.2, 0.25) is 0 Å². The maximum Gasteiger partial charge on any atom is 0.0260 e. The molecule has 3 fully saturated rings. The highest BCUT2D eigenvalue weighted by Crippen LogP contribution is 2.14. The van der Waals surface area contributed by atoms with Gasteiger partial charge in [-0.1, -0.05) is 20.8 Å². The summed E-state index contributed by atoms with van der Waals surface area (Å²) in [6, 6.07) is 0. The molecule has 0 aromatic carbocycles. The number of hydrogen-bond acceptors (Lipinski definition) is 3. The average Bonchev–Trinajstić information content (AvgIpc) is 3.06. The lowest BCUT2D eigenvalue weighted by molar-refractivity contribution is 0.664. The molecule has 2 N–H and O–H groups in total. The normalized spacial score (nSPS) is 40.0. The molecule has 0 aromatic rings. The van der Waals surface area contributed by atoms with Crippen LogP contribution in [-0.4, -0.2) is 52.6 Å². The van der Waals surface area contributed by atoms with Gasteiger partial charge < -0.3 is 5.48 Å². The van der Waals surface area contributed by atoms with Gasteiger partial charge in [0.1, 0.15) is 0 Å². The van der Waals surface area contributed by atoms with Crippen LogP contribution in [0.25, 0.3) is 0 Å². The minimum Gasteiger partial charge on any atom is -0.412 e. The van der Waals surface area contributed by atoms with Crippen LogP contribution in [0.2, 0.25) is 0 Å². The molecule has 0 radical (unpaired) electrons. The maximum absolute atomic E-state index is 10.6. The SMILES string of the molecule is CC1CCS(=O)C1.CC1CCS(=O)C1.CC1CCS(=O)C1.O. The Morgan fingerprint density at radius 3 is 0.864 bits per heavy atom. The molecule has 7 heteroatoms. The Bertz CT molecular complexity index is 330. The van der Waals surface area contributed by atoms with Gasteiger partial charge in [-0.2, -0.15) is 0 Å². The third-order valence-electron chi connectivity index (χ3n) is 3.93. The summed E-state index contributed by atoms with van der Waals surface area (Å²) in [5, 5.41) is 0. The van der Waals surface area contributed by atoms with Crippen molar-refractivity contribution in [3.8, 4) is 0 Å². The van der Waals surface area contributed by atoms with E-state index in [1.165, 1.54) is 19.3 Å². The molecule has 3 saturated heterocycles. The minimum absolute atomic E-state index is 0. The van der Waals surface area contributed by atoms with Crippen LogP contribution < -0.4 is 0 Å². The van der Waals surface area contributed by atoms with Crippen molar-refractivity contribution < 1.29 is 18.1 Å². The van der Waals surface area contributed by atoms with E-state index in [0.717, 1.165) is 52.3 Å². The Labute approximate surface area is 142 Å². The summed E-state index contributed by atoms with van der Waals surface area (Å²) >= 11 is 0. The zero-order chi connectivity index (χ0) is 15.8. The van der Waals surface area contributed by atoms with E-state index in [2.05, 4.69) is 20.8 Å².